The number of halogens is 1. The van der Waals surface area contributed by atoms with Gasteiger partial charge in [-0.3, -0.25) is 4.79 Å². The molecule has 0 fully saturated rings. The largest absolute Gasteiger partial charge is 0.451 e. The molecule has 1 N–H and O–H groups in total. The molecule has 1 amide bonds. The van der Waals surface area contributed by atoms with Gasteiger partial charge < -0.3 is 14.8 Å². The van der Waals surface area contributed by atoms with Crippen molar-refractivity contribution in [3.63, 3.8) is 0 Å². The number of carbonyl (C=O) groups excluding carboxylic acids is 2. The quantitative estimate of drug-likeness (QED) is 0.464. The maximum absolute atomic E-state index is 14.2. The number of ether oxygens (including phenoxy) is 2. The number of thiophene rings is 1. The van der Waals surface area contributed by atoms with Crippen LogP contribution in [0.25, 0.3) is 21.1 Å². The van der Waals surface area contributed by atoms with Gasteiger partial charge in [0.15, 0.2) is 6.61 Å². The number of methoxy groups -OCH3 is 1. The van der Waals surface area contributed by atoms with Crippen LogP contribution in [0.3, 0.4) is 0 Å². The first kappa shape index (κ1) is 19.4. The van der Waals surface area contributed by atoms with Crippen molar-refractivity contribution in [2.45, 2.75) is 6.61 Å². The molecule has 148 valence electrons. The number of nitrogens with one attached hydrogen (secondary N) is 1. The Hall–Kier alpha value is -2.95. The smallest absolute Gasteiger partial charge is 0.349 e. The lowest BCUT2D eigenvalue weighted by Crippen LogP contribution is -2.21. The lowest BCUT2D eigenvalue weighted by molar-refractivity contribution is -0.119. The second-order valence-corrected chi connectivity index (χ2v) is 7.60. The molecule has 29 heavy (non-hydrogen) atoms. The van der Waals surface area contributed by atoms with Gasteiger partial charge in [0.2, 0.25) is 0 Å². The van der Waals surface area contributed by atoms with E-state index in [0.29, 0.717) is 32.4 Å². The number of rotatable bonds is 6. The molecule has 0 spiro atoms. The van der Waals surface area contributed by atoms with Crippen molar-refractivity contribution in [2.24, 2.45) is 0 Å². The van der Waals surface area contributed by atoms with Crippen molar-refractivity contribution in [1.82, 2.24) is 8.75 Å². The molecule has 0 aliphatic heterocycles. The van der Waals surface area contributed by atoms with E-state index in [1.807, 2.05) is 0 Å². The van der Waals surface area contributed by atoms with Crippen LogP contribution in [0, 0.1) is 5.82 Å². The summed E-state index contributed by atoms with van der Waals surface area (Å²) < 4.78 is 33.4. The third kappa shape index (κ3) is 3.82. The molecule has 0 unspecified atom stereocenters. The minimum absolute atomic E-state index is 0.0520. The van der Waals surface area contributed by atoms with Gasteiger partial charge in [-0.15, -0.1) is 11.3 Å². The van der Waals surface area contributed by atoms with Crippen LogP contribution in [0.5, 0.6) is 0 Å². The number of carbonyl (C=O) groups is 2. The van der Waals surface area contributed by atoms with Crippen LogP contribution < -0.4 is 5.32 Å². The summed E-state index contributed by atoms with van der Waals surface area (Å²) in [5.74, 6) is -1.66. The molecular formula is C19H14FN3O4S2. The van der Waals surface area contributed by atoms with Gasteiger partial charge >= 0.3 is 5.97 Å². The summed E-state index contributed by atoms with van der Waals surface area (Å²) >= 11 is 2.14. The average Bonchev–Trinajstić information content (AvgIpc) is 3.33. The number of benzene rings is 2. The highest BCUT2D eigenvalue weighted by molar-refractivity contribution is 7.21. The number of fused-ring (bicyclic) bond motifs is 2. The monoisotopic (exact) mass is 431 g/mol. The normalized spacial score (nSPS) is 11.1. The van der Waals surface area contributed by atoms with Gasteiger partial charge in [0.05, 0.1) is 24.0 Å². The average molecular weight is 431 g/mol. The summed E-state index contributed by atoms with van der Waals surface area (Å²) in [6.07, 6.45) is 0. The predicted octanol–water partition coefficient (Wildman–Crippen LogP) is 3.99. The Morgan fingerprint density at radius 3 is 2.83 bits per heavy atom. The molecule has 4 aromatic rings. The van der Waals surface area contributed by atoms with Crippen molar-refractivity contribution in [2.75, 3.05) is 19.0 Å². The zero-order chi connectivity index (χ0) is 20.4. The standard InChI is InChI=1S/C19H14FN3O4S2/c1-26-8-10-16-11(20)4-2-7-14(16)28-18(10)19(25)27-9-15(24)21-12-5-3-6-13-17(12)23-29-22-13/h2-7H,8-9H2,1H3,(H,21,24). The van der Waals surface area contributed by atoms with Crippen LogP contribution in [0.4, 0.5) is 10.1 Å². The van der Waals surface area contributed by atoms with Gasteiger partial charge in [0.1, 0.15) is 21.7 Å². The van der Waals surface area contributed by atoms with Crippen molar-refractivity contribution >= 4 is 61.7 Å². The Labute approximate surface area is 172 Å². The topological polar surface area (TPSA) is 90.4 Å². The van der Waals surface area contributed by atoms with E-state index < -0.39 is 24.3 Å². The summed E-state index contributed by atoms with van der Waals surface area (Å²) in [6, 6.07) is 9.83. The fourth-order valence-corrected chi connectivity index (χ4v) is 4.57. The van der Waals surface area contributed by atoms with E-state index in [-0.39, 0.29) is 11.5 Å². The zero-order valence-electron chi connectivity index (χ0n) is 15.1. The molecule has 2 heterocycles. The number of anilines is 1. The third-order valence-electron chi connectivity index (χ3n) is 4.13. The highest BCUT2D eigenvalue weighted by Crippen LogP contribution is 2.34. The second kappa shape index (κ2) is 8.19. The summed E-state index contributed by atoms with van der Waals surface area (Å²) in [5, 5.41) is 2.99. The predicted molar refractivity (Wildman–Crippen MR) is 109 cm³/mol. The van der Waals surface area contributed by atoms with Gasteiger partial charge in [-0.05, 0) is 24.3 Å². The molecule has 0 bridgehead atoms. The molecule has 7 nitrogen and oxygen atoms in total. The van der Waals surface area contributed by atoms with Crippen LogP contribution in [-0.2, 0) is 20.9 Å². The second-order valence-electron chi connectivity index (χ2n) is 6.02. The molecule has 0 saturated heterocycles. The first-order valence-corrected chi connectivity index (χ1v) is 10.00. The number of aromatic nitrogens is 2. The minimum Gasteiger partial charge on any atom is -0.451 e. The van der Waals surface area contributed by atoms with E-state index in [2.05, 4.69) is 14.1 Å². The third-order valence-corrected chi connectivity index (χ3v) is 5.85. The number of esters is 1. The first-order chi connectivity index (χ1) is 14.1. The number of nitrogens with zero attached hydrogens (tertiary/aromatic N) is 2. The molecule has 0 atom stereocenters. The van der Waals surface area contributed by atoms with Gasteiger partial charge in [-0.25, -0.2) is 9.18 Å². The lowest BCUT2D eigenvalue weighted by atomic mass is 10.1. The Morgan fingerprint density at radius 2 is 2.00 bits per heavy atom. The van der Waals surface area contributed by atoms with Crippen molar-refractivity contribution in [3.05, 3.63) is 52.7 Å². The van der Waals surface area contributed by atoms with E-state index in [0.717, 1.165) is 23.1 Å². The van der Waals surface area contributed by atoms with E-state index >= 15 is 0 Å². The molecule has 2 aromatic heterocycles. The summed E-state index contributed by atoms with van der Waals surface area (Å²) in [5.41, 5.74) is 2.14. The van der Waals surface area contributed by atoms with E-state index in [4.69, 9.17) is 9.47 Å². The first-order valence-electron chi connectivity index (χ1n) is 8.45. The van der Waals surface area contributed by atoms with Gasteiger partial charge in [-0.1, -0.05) is 12.1 Å². The van der Waals surface area contributed by atoms with Crippen LogP contribution in [0.15, 0.2) is 36.4 Å². The Bertz CT molecular complexity index is 1220. The number of hydrogen-bond donors (Lipinski definition) is 1. The van der Waals surface area contributed by atoms with Crippen LogP contribution >= 0.6 is 23.1 Å². The Balaban J connectivity index is 1.50. The molecule has 10 heteroatoms. The molecule has 0 radical (unpaired) electrons. The van der Waals surface area contributed by atoms with E-state index in [1.54, 1.807) is 30.3 Å². The lowest BCUT2D eigenvalue weighted by Gasteiger charge is -2.07. The van der Waals surface area contributed by atoms with Crippen molar-refractivity contribution in [3.8, 4) is 0 Å². The maximum atomic E-state index is 14.2. The SMILES string of the molecule is COCc1c(C(=O)OCC(=O)Nc2cccc3nsnc23)sc2cccc(F)c12. The highest BCUT2D eigenvalue weighted by Gasteiger charge is 2.22. The molecule has 4 rings (SSSR count). The number of amides is 1. The number of hydrogen-bond acceptors (Lipinski definition) is 8. The molecular weight excluding hydrogens is 417 g/mol. The van der Waals surface area contributed by atoms with Gasteiger partial charge in [0, 0.05) is 22.8 Å². The van der Waals surface area contributed by atoms with E-state index in [9.17, 15) is 14.0 Å². The van der Waals surface area contributed by atoms with Crippen molar-refractivity contribution < 1.29 is 23.5 Å². The van der Waals surface area contributed by atoms with Crippen LogP contribution in [-0.4, -0.2) is 34.3 Å². The highest BCUT2D eigenvalue weighted by atomic mass is 32.1. The molecule has 2 aromatic carbocycles. The minimum atomic E-state index is -0.707. The maximum Gasteiger partial charge on any atom is 0.349 e. The zero-order valence-corrected chi connectivity index (χ0v) is 16.7. The fraction of sp³-hybridized carbons (Fsp3) is 0.158. The fourth-order valence-electron chi connectivity index (χ4n) is 2.90. The molecule has 0 aliphatic carbocycles. The van der Waals surface area contributed by atoms with Gasteiger partial charge in [-0.2, -0.15) is 8.75 Å². The van der Waals surface area contributed by atoms with Gasteiger partial charge in [0.25, 0.3) is 5.91 Å². The molecule has 0 aliphatic rings. The Morgan fingerprint density at radius 1 is 1.17 bits per heavy atom. The van der Waals surface area contributed by atoms with Crippen LogP contribution in [0.2, 0.25) is 0 Å². The summed E-state index contributed by atoms with van der Waals surface area (Å²) in [4.78, 5) is 25.0. The molecule has 0 saturated carbocycles. The Kier molecular flexibility index (Phi) is 5.47. The summed E-state index contributed by atoms with van der Waals surface area (Å²) in [6.45, 7) is -0.438. The van der Waals surface area contributed by atoms with Crippen LogP contribution in [0.1, 0.15) is 15.2 Å². The van der Waals surface area contributed by atoms with E-state index in [1.165, 1.54) is 13.2 Å². The van der Waals surface area contributed by atoms with Crippen molar-refractivity contribution in [1.29, 1.82) is 0 Å². The summed E-state index contributed by atoms with van der Waals surface area (Å²) in [7, 11) is 1.46.